The molecule has 6 aromatic heterocycles. The highest BCUT2D eigenvalue weighted by Gasteiger charge is 2.42. The molecule has 22 nitrogen and oxygen atoms in total. The van der Waals surface area contributed by atoms with Crippen LogP contribution in [0.25, 0.3) is 65.4 Å². The van der Waals surface area contributed by atoms with Crippen LogP contribution < -0.4 is 19.5 Å². The standard InChI is InChI=1S/C20H19BrN2O2.C20H19BrN2O.C20H17ClN2O4.C19H16Br2N2O.C19H15ClF2N2O2.C17H13BrF2N2/c1-12(24)23-10-9-16-17-11-14(21)5-8-18(17)22-19(16)20(23)13-3-6-15(25-2)7-4-13;1-12-3-5-14(6-4-12)20-19-16(9-10-23(20)13(2)24)17-11-15(21)7-8-18(17)22-19;1-25-20(24)23-7-6-13-14-9-12(21)3-4-15(14)22-18(13)19(23)11-2-5-16-17(8-11)27-10-26-16;1-11(24)23-9-8-15-16-10-14(21)6-7-17(16)22-18(15)19(23)12-2-4-13(20)5-3-12;1-26-19(25)24-7-6-12-13-9-11(20)3-5-16(13)23-17(12)18(24)10-2-4-14(21)15(22)8-10;18-9-4-5-14-12(8-9)10-6-7-21-16(17(10)22-14)11-2-1-3-13(19)15(11)20/h3-8,11,20,22H,9-10H2,1-2H3;3-8,11,20,22H,9-10H2,1-2H3;2-5,8-9,19,22H,6-7,10H2,1H3;2-7,10,19,22H,8-9H2,1H3;2-5,8-9,18,23H,6-7H2,1H3;1-5,8,16,21-22H,6-7H2. The molecule has 7 N–H and O–H groups in total. The van der Waals surface area contributed by atoms with Gasteiger partial charge >= 0.3 is 12.2 Å². The van der Waals surface area contributed by atoms with E-state index in [0.29, 0.717) is 52.2 Å². The fourth-order valence-electron chi connectivity index (χ4n) is 21.8. The van der Waals surface area contributed by atoms with Gasteiger partial charge in [0.15, 0.2) is 34.8 Å². The third kappa shape index (κ3) is 20.2. The molecule has 7 aliphatic rings. The van der Waals surface area contributed by atoms with Crippen molar-refractivity contribution >= 4 is 198 Å². The Bertz CT molecular complexity index is 8060. The van der Waals surface area contributed by atoms with Gasteiger partial charge in [0.05, 0.1) is 45.5 Å². The highest BCUT2D eigenvalue weighted by Crippen LogP contribution is 2.49. The van der Waals surface area contributed by atoms with Crippen LogP contribution in [0.15, 0.2) is 259 Å². The molecule has 0 aliphatic carbocycles. The summed E-state index contributed by atoms with van der Waals surface area (Å²) in [4.78, 5) is 91.4. The van der Waals surface area contributed by atoms with Crippen molar-refractivity contribution in [3.63, 3.8) is 0 Å². The van der Waals surface area contributed by atoms with Gasteiger partial charge in [0.2, 0.25) is 24.5 Å². The Morgan fingerprint density at radius 1 is 0.345 bits per heavy atom. The Hall–Kier alpha value is -13.1. The lowest BCUT2D eigenvalue weighted by Crippen LogP contribution is -2.40. The smallest absolute Gasteiger partial charge is 0.410 e. The quantitative estimate of drug-likeness (QED) is 0.0739. The van der Waals surface area contributed by atoms with E-state index < -0.39 is 35.4 Å². The minimum Gasteiger partial charge on any atom is -0.497 e. The summed E-state index contributed by atoms with van der Waals surface area (Å²) in [6.45, 7) is 11.1. The van der Waals surface area contributed by atoms with E-state index in [1.165, 1.54) is 74.7 Å². The van der Waals surface area contributed by atoms with Crippen molar-refractivity contribution in [2.24, 2.45) is 0 Å². The monoisotopic (exact) mass is 2350 g/mol. The lowest BCUT2D eigenvalue weighted by Gasteiger charge is -2.35. The molecule has 5 amide bonds. The zero-order valence-electron chi connectivity index (χ0n) is 81.1. The maximum Gasteiger partial charge on any atom is 0.410 e. The van der Waals surface area contributed by atoms with Crippen LogP contribution in [0.5, 0.6) is 17.2 Å². The number of carbonyl (C=O) groups is 5. The van der Waals surface area contributed by atoms with E-state index in [-0.39, 0.29) is 60.8 Å². The number of amides is 5. The molecule has 0 fully saturated rings. The first-order valence-electron chi connectivity index (χ1n) is 48.3. The number of aromatic nitrogens is 6. The molecule has 0 radical (unpaired) electrons. The molecular formula is C115H99Br5Cl2F4N12O10. The third-order valence-corrected chi connectivity index (χ3v) is 31.6. The van der Waals surface area contributed by atoms with Crippen molar-refractivity contribution in [1.29, 1.82) is 0 Å². The van der Waals surface area contributed by atoms with Crippen LogP contribution in [0.4, 0.5) is 27.2 Å². The predicted octanol–water partition coefficient (Wildman–Crippen LogP) is 27.9. The molecule has 0 saturated carbocycles. The van der Waals surface area contributed by atoms with E-state index in [1.807, 2.05) is 130 Å². The summed E-state index contributed by atoms with van der Waals surface area (Å²) in [5.41, 5.74) is 25.9. The Balaban J connectivity index is 0.000000108. The van der Waals surface area contributed by atoms with Gasteiger partial charge in [-0.15, -0.1) is 0 Å². The van der Waals surface area contributed by atoms with Crippen molar-refractivity contribution in [3.05, 3.63) is 399 Å². The SMILES string of the molecule is CC(=O)N1CCc2c([nH]c3ccc(Br)cc23)C1c1ccc(Br)cc1.CC(=O)N1CCc2c([nH]c3ccc(Br)cc23)C1c1ccc(C)cc1.COC(=O)N1CCc2c([nH]c3ccc(Cl)cc23)C1c1ccc(F)c(F)c1.COC(=O)N1CCc2c([nH]c3ccc(Cl)cc23)C1c1ccc2c(c1)OCO2.COc1ccc(C2c3[nH]c4ccc(Br)cc4c3CCN2C(C)=O)cc1.Fc1cccc(C2NCCc3c2[nH]c2ccc(Br)cc32)c1F. The summed E-state index contributed by atoms with van der Waals surface area (Å²) < 4.78 is 86.4. The Kier molecular flexibility index (Phi) is 29.8. The molecule has 756 valence electrons. The molecule has 25 rings (SSSR count). The van der Waals surface area contributed by atoms with Crippen LogP contribution in [0, 0.1) is 30.2 Å². The summed E-state index contributed by atoms with van der Waals surface area (Å²) in [5.74, 6) is -0.971. The summed E-state index contributed by atoms with van der Waals surface area (Å²) in [6, 6.07) is 73.2. The number of aryl methyl sites for hydroxylation is 1. The molecule has 148 heavy (non-hydrogen) atoms. The van der Waals surface area contributed by atoms with E-state index >= 15 is 0 Å². The molecule has 6 atom stereocenters. The number of aromatic amines is 6. The third-order valence-electron chi connectivity index (χ3n) is 28.7. The Morgan fingerprint density at radius 2 is 0.682 bits per heavy atom. The minimum absolute atomic E-state index is 0.0435. The molecule has 0 saturated heterocycles. The Labute approximate surface area is 901 Å². The van der Waals surface area contributed by atoms with Gasteiger partial charge in [0.1, 0.15) is 17.8 Å². The minimum atomic E-state index is -0.960. The van der Waals surface area contributed by atoms with Crippen molar-refractivity contribution in [1.82, 2.24) is 59.7 Å². The second kappa shape index (κ2) is 43.2. The van der Waals surface area contributed by atoms with Gasteiger partial charge in [-0.1, -0.05) is 181 Å². The number of benzene rings is 12. The zero-order chi connectivity index (χ0) is 103. The average molecular weight is 2360 g/mol. The van der Waals surface area contributed by atoms with Crippen LogP contribution in [-0.2, 0) is 62.4 Å². The van der Waals surface area contributed by atoms with Gasteiger partial charge in [-0.05, 0) is 270 Å². The van der Waals surface area contributed by atoms with Crippen LogP contribution >= 0.6 is 103 Å². The maximum atomic E-state index is 14.2. The van der Waals surface area contributed by atoms with Gasteiger partial charge < -0.3 is 73.6 Å². The zero-order valence-corrected chi connectivity index (χ0v) is 90.6. The van der Waals surface area contributed by atoms with Crippen LogP contribution in [0.1, 0.15) is 164 Å². The first-order valence-corrected chi connectivity index (χ1v) is 53.0. The van der Waals surface area contributed by atoms with Gasteiger partial charge in [0.25, 0.3) is 0 Å². The van der Waals surface area contributed by atoms with Crippen molar-refractivity contribution in [3.8, 4) is 17.2 Å². The number of hydrogen-bond donors (Lipinski definition) is 7. The molecule has 33 heteroatoms. The van der Waals surface area contributed by atoms with E-state index in [0.717, 1.165) is 216 Å². The summed E-state index contributed by atoms with van der Waals surface area (Å²) >= 11 is 30.0. The molecule has 18 aromatic rings. The number of halogens is 11. The first-order chi connectivity index (χ1) is 71.5. The second-order valence-electron chi connectivity index (χ2n) is 37.3. The molecule has 0 bridgehead atoms. The maximum absolute atomic E-state index is 14.2. The van der Waals surface area contributed by atoms with Gasteiger partial charge in [0, 0.05) is 198 Å². The number of fused-ring (bicyclic) bond motifs is 19. The van der Waals surface area contributed by atoms with Crippen molar-refractivity contribution in [2.45, 2.75) is 102 Å². The van der Waals surface area contributed by atoms with Gasteiger partial charge in [-0.3, -0.25) is 24.2 Å². The fourth-order valence-corrected chi connectivity index (χ4v) is 23.9. The summed E-state index contributed by atoms with van der Waals surface area (Å²) in [5, 5.41) is 11.5. The molecule has 13 heterocycles. The predicted molar refractivity (Wildman–Crippen MR) is 586 cm³/mol. The number of rotatable bonds is 7. The van der Waals surface area contributed by atoms with Gasteiger partial charge in [-0.25, -0.2) is 27.2 Å². The summed E-state index contributed by atoms with van der Waals surface area (Å²) in [7, 11) is 4.36. The van der Waals surface area contributed by atoms with Gasteiger partial charge in [-0.2, -0.15) is 0 Å². The normalized spacial score (nSPS) is 17.2. The molecule has 6 unspecified atom stereocenters. The van der Waals surface area contributed by atoms with E-state index in [1.54, 1.807) is 51.0 Å². The van der Waals surface area contributed by atoms with E-state index in [2.05, 4.69) is 201 Å². The second-order valence-corrected chi connectivity index (χ2v) is 42.7. The lowest BCUT2D eigenvalue weighted by atomic mass is 9.92. The first kappa shape index (κ1) is 102. The lowest BCUT2D eigenvalue weighted by molar-refractivity contribution is -0.131. The number of nitrogens with zero attached hydrogens (tertiary/aromatic N) is 5. The largest absolute Gasteiger partial charge is 0.497 e. The highest BCUT2D eigenvalue weighted by atomic mass is 79.9. The van der Waals surface area contributed by atoms with E-state index in [4.69, 9.17) is 46.9 Å². The number of carbonyl (C=O) groups excluding carboxylic acids is 5. The Morgan fingerprint density at radius 3 is 1.08 bits per heavy atom. The summed E-state index contributed by atoms with van der Waals surface area (Å²) in [6.07, 6.45) is 3.92. The number of H-pyrrole nitrogens is 6. The topological polar surface area (TPSA) is 254 Å². The number of ether oxygens (including phenoxy) is 5. The molecule has 0 spiro atoms. The fraction of sp³-hybridized carbons (Fsp3) is 0.226. The van der Waals surface area contributed by atoms with Crippen molar-refractivity contribution < 1.29 is 65.2 Å². The highest BCUT2D eigenvalue weighted by molar-refractivity contribution is 9.11. The number of hydrogen-bond acceptors (Lipinski definition) is 11. The van der Waals surface area contributed by atoms with Crippen LogP contribution in [0.3, 0.4) is 0 Å². The average Bonchev–Trinajstić information content (AvgIpc) is 1.56. The molecule has 12 aromatic carbocycles. The number of methoxy groups -OCH3 is 3. The number of nitrogens with one attached hydrogen (secondary N) is 7. The van der Waals surface area contributed by atoms with Crippen LogP contribution in [-0.4, -0.2) is 152 Å². The molecule has 7 aliphatic heterocycles. The van der Waals surface area contributed by atoms with Crippen LogP contribution in [0.2, 0.25) is 10.0 Å². The molecular weight excluding hydrogens is 2260 g/mol. The van der Waals surface area contributed by atoms with Crippen molar-refractivity contribution in [2.75, 3.05) is 67.4 Å². The van der Waals surface area contributed by atoms with E-state index in [9.17, 15) is 41.5 Å².